The zero-order valence-corrected chi connectivity index (χ0v) is 8.41. The van der Waals surface area contributed by atoms with Crippen molar-refractivity contribution < 1.29 is 4.74 Å². The van der Waals surface area contributed by atoms with Crippen LogP contribution in [0.4, 0.5) is 0 Å². The molecule has 0 unspecified atom stereocenters. The third-order valence-corrected chi connectivity index (χ3v) is 1.56. The molecule has 5 nitrogen and oxygen atoms in total. The van der Waals surface area contributed by atoms with E-state index in [9.17, 15) is 4.79 Å². The molecule has 0 saturated heterocycles. The minimum absolute atomic E-state index is 0.202. The van der Waals surface area contributed by atoms with Gasteiger partial charge in [-0.1, -0.05) is 13.8 Å². The van der Waals surface area contributed by atoms with Gasteiger partial charge in [-0.05, 0) is 0 Å². The molecular formula is C9H15N3O2. The number of aromatic nitrogens is 2. The molecule has 0 radical (unpaired) electrons. The Morgan fingerprint density at radius 1 is 1.64 bits per heavy atom. The first-order valence-electron chi connectivity index (χ1n) is 4.59. The highest BCUT2D eigenvalue weighted by Gasteiger charge is 1.96. The van der Waals surface area contributed by atoms with Crippen molar-refractivity contribution in [2.75, 3.05) is 13.2 Å². The molecule has 5 heteroatoms. The number of ether oxygens (including phenoxy) is 1. The van der Waals surface area contributed by atoms with Crippen LogP contribution in [0.25, 0.3) is 0 Å². The van der Waals surface area contributed by atoms with Crippen LogP contribution < -0.4 is 15.6 Å². The van der Waals surface area contributed by atoms with Gasteiger partial charge in [0, 0.05) is 12.6 Å². The molecular weight excluding hydrogens is 182 g/mol. The van der Waals surface area contributed by atoms with Gasteiger partial charge in [0.25, 0.3) is 5.56 Å². The molecule has 1 rings (SSSR count). The lowest BCUT2D eigenvalue weighted by molar-refractivity contribution is 0.297. The quantitative estimate of drug-likeness (QED) is 0.659. The maximum absolute atomic E-state index is 10.8. The van der Waals surface area contributed by atoms with Crippen LogP contribution in [-0.4, -0.2) is 29.2 Å². The molecule has 1 heterocycles. The minimum atomic E-state index is -0.202. The summed E-state index contributed by atoms with van der Waals surface area (Å²) >= 11 is 0. The van der Waals surface area contributed by atoms with E-state index in [1.165, 1.54) is 12.4 Å². The van der Waals surface area contributed by atoms with Crippen molar-refractivity contribution in [3.05, 3.63) is 22.7 Å². The van der Waals surface area contributed by atoms with E-state index in [2.05, 4.69) is 29.1 Å². The summed E-state index contributed by atoms with van der Waals surface area (Å²) < 4.78 is 5.24. The van der Waals surface area contributed by atoms with E-state index < -0.39 is 0 Å². The minimum Gasteiger partial charge on any atom is -0.476 e. The van der Waals surface area contributed by atoms with Crippen LogP contribution in [0.1, 0.15) is 13.8 Å². The van der Waals surface area contributed by atoms with Gasteiger partial charge < -0.3 is 15.0 Å². The molecule has 1 aromatic rings. The molecule has 78 valence electrons. The number of aromatic amines is 1. The first-order chi connectivity index (χ1) is 6.68. The third-order valence-electron chi connectivity index (χ3n) is 1.56. The van der Waals surface area contributed by atoms with Crippen molar-refractivity contribution in [1.29, 1.82) is 0 Å². The molecule has 0 atom stereocenters. The summed E-state index contributed by atoms with van der Waals surface area (Å²) in [6.45, 7) is 5.37. The molecule has 0 aliphatic heterocycles. The van der Waals surface area contributed by atoms with Crippen LogP contribution in [-0.2, 0) is 0 Å². The number of nitrogens with zero attached hydrogens (tertiary/aromatic N) is 1. The zero-order valence-electron chi connectivity index (χ0n) is 8.41. The molecule has 0 fully saturated rings. The number of H-pyrrole nitrogens is 1. The molecule has 0 amide bonds. The summed E-state index contributed by atoms with van der Waals surface area (Å²) in [5.41, 5.74) is -0.202. The summed E-state index contributed by atoms with van der Waals surface area (Å²) in [4.78, 5) is 17.1. The third kappa shape index (κ3) is 4.04. The molecule has 0 bridgehead atoms. The first-order valence-corrected chi connectivity index (χ1v) is 4.59. The average molecular weight is 197 g/mol. The Morgan fingerprint density at radius 2 is 2.43 bits per heavy atom. The summed E-state index contributed by atoms with van der Waals surface area (Å²) in [6, 6.07) is 1.76. The molecule has 14 heavy (non-hydrogen) atoms. The van der Waals surface area contributed by atoms with E-state index in [4.69, 9.17) is 4.74 Å². The van der Waals surface area contributed by atoms with Crippen LogP contribution in [0.2, 0.25) is 0 Å². The van der Waals surface area contributed by atoms with Crippen molar-refractivity contribution in [3.63, 3.8) is 0 Å². The lowest BCUT2D eigenvalue weighted by Crippen LogP contribution is -2.27. The zero-order chi connectivity index (χ0) is 10.4. The van der Waals surface area contributed by atoms with Gasteiger partial charge in [0.2, 0.25) is 5.88 Å². The second kappa shape index (κ2) is 5.39. The Kier molecular flexibility index (Phi) is 4.12. The summed E-state index contributed by atoms with van der Waals surface area (Å²) in [7, 11) is 0. The maximum Gasteiger partial charge on any atom is 0.254 e. The van der Waals surface area contributed by atoms with E-state index >= 15 is 0 Å². The fourth-order valence-corrected chi connectivity index (χ4v) is 0.933. The summed E-state index contributed by atoms with van der Waals surface area (Å²) in [6.07, 6.45) is 1.33. The second-order valence-corrected chi connectivity index (χ2v) is 3.21. The van der Waals surface area contributed by atoms with Crippen LogP contribution in [0, 0.1) is 0 Å². The fraction of sp³-hybridized carbons (Fsp3) is 0.556. The number of hydrogen-bond donors (Lipinski definition) is 2. The SMILES string of the molecule is CC(C)NCCOc1cc(=O)[nH]cn1. The Labute approximate surface area is 82.5 Å². The Balaban J connectivity index is 2.28. The standard InChI is InChI=1S/C9H15N3O2/c1-7(2)10-3-4-14-9-5-8(13)11-6-12-9/h5-7,10H,3-4H2,1-2H3,(H,11,12,13). The van der Waals surface area contributed by atoms with Gasteiger partial charge in [-0.2, -0.15) is 0 Å². The number of rotatable bonds is 5. The van der Waals surface area contributed by atoms with Crippen molar-refractivity contribution in [3.8, 4) is 5.88 Å². The fourth-order valence-electron chi connectivity index (χ4n) is 0.933. The topological polar surface area (TPSA) is 67.0 Å². The van der Waals surface area contributed by atoms with Gasteiger partial charge in [-0.15, -0.1) is 0 Å². The molecule has 0 aliphatic carbocycles. The highest BCUT2D eigenvalue weighted by Crippen LogP contribution is 1.97. The predicted molar refractivity (Wildman–Crippen MR) is 53.5 cm³/mol. The van der Waals surface area contributed by atoms with E-state index in [0.29, 0.717) is 18.5 Å². The van der Waals surface area contributed by atoms with Gasteiger partial charge in [0.1, 0.15) is 6.61 Å². The molecule has 0 spiro atoms. The molecule has 0 aliphatic rings. The molecule has 0 saturated carbocycles. The largest absolute Gasteiger partial charge is 0.476 e. The Morgan fingerprint density at radius 3 is 3.07 bits per heavy atom. The molecule has 0 aromatic carbocycles. The van der Waals surface area contributed by atoms with Gasteiger partial charge in [0.15, 0.2) is 0 Å². The van der Waals surface area contributed by atoms with Gasteiger partial charge >= 0.3 is 0 Å². The highest BCUT2D eigenvalue weighted by atomic mass is 16.5. The maximum atomic E-state index is 10.8. The van der Waals surface area contributed by atoms with Crippen molar-refractivity contribution in [2.45, 2.75) is 19.9 Å². The molecule has 1 aromatic heterocycles. The van der Waals surface area contributed by atoms with E-state index in [1.807, 2.05) is 0 Å². The summed E-state index contributed by atoms with van der Waals surface area (Å²) in [5, 5.41) is 3.19. The van der Waals surface area contributed by atoms with E-state index in [1.54, 1.807) is 0 Å². The smallest absolute Gasteiger partial charge is 0.254 e. The Bertz CT molecular complexity index is 322. The van der Waals surface area contributed by atoms with Gasteiger partial charge in [-0.25, -0.2) is 4.98 Å². The predicted octanol–water partition coefficient (Wildman–Crippen LogP) is 0.147. The lowest BCUT2D eigenvalue weighted by atomic mass is 10.4. The second-order valence-electron chi connectivity index (χ2n) is 3.21. The van der Waals surface area contributed by atoms with Gasteiger partial charge in [-0.3, -0.25) is 4.79 Å². The van der Waals surface area contributed by atoms with Crippen LogP contribution in [0.5, 0.6) is 5.88 Å². The Hall–Kier alpha value is -1.36. The molecule has 2 N–H and O–H groups in total. The van der Waals surface area contributed by atoms with Crippen LogP contribution >= 0.6 is 0 Å². The summed E-state index contributed by atoms with van der Waals surface area (Å²) in [5.74, 6) is 0.360. The monoisotopic (exact) mass is 197 g/mol. The van der Waals surface area contributed by atoms with E-state index in [0.717, 1.165) is 6.54 Å². The van der Waals surface area contributed by atoms with Crippen LogP contribution in [0.15, 0.2) is 17.2 Å². The van der Waals surface area contributed by atoms with Crippen LogP contribution in [0.3, 0.4) is 0 Å². The normalized spacial score (nSPS) is 10.5. The van der Waals surface area contributed by atoms with Crippen molar-refractivity contribution in [1.82, 2.24) is 15.3 Å². The average Bonchev–Trinajstić information content (AvgIpc) is 2.12. The number of hydrogen-bond acceptors (Lipinski definition) is 4. The lowest BCUT2D eigenvalue weighted by Gasteiger charge is -2.08. The van der Waals surface area contributed by atoms with E-state index in [-0.39, 0.29) is 5.56 Å². The first kappa shape index (κ1) is 10.7. The highest BCUT2D eigenvalue weighted by molar-refractivity contribution is 5.04. The van der Waals surface area contributed by atoms with Crippen molar-refractivity contribution >= 4 is 0 Å². The van der Waals surface area contributed by atoms with Gasteiger partial charge in [0.05, 0.1) is 12.4 Å². The van der Waals surface area contributed by atoms with Crippen molar-refractivity contribution in [2.24, 2.45) is 0 Å². The number of nitrogens with one attached hydrogen (secondary N) is 2.